The van der Waals surface area contributed by atoms with Gasteiger partial charge in [-0.25, -0.2) is 5.43 Å². The quantitative estimate of drug-likeness (QED) is 0.146. The summed E-state index contributed by atoms with van der Waals surface area (Å²) < 4.78 is 11.6. The molecule has 16 heteroatoms. The molecular weight excluding hydrogens is 580 g/mol. The van der Waals surface area contributed by atoms with E-state index in [4.69, 9.17) is 20.9 Å². The first-order valence-corrected chi connectivity index (χ1v) is 17.1. The van der Waals surface area contributed by atoms with Crippen molar-refractivity contribution >= 4 is 35.2 Å². The summed E-state index contributed by atoms with van der Waals surface area (Å²) in [4.78, 5) is 28.0. The van der Waals surface area contributed by atoms with E-state index in [-0.39, 0.29) is 70.4 Å². The molecule has 1 saturated carbocycles. The van der Waals surface area contributed by atoms with Crippen LogP contribution in [0.25, 0.3) is 0 Å². The summed E-state index contributed by atoms with van der Waals surface area (Å²) in [5.74, 6) is -0.582. The third kappa shape index (κ3) is 5.86. The lowest BCUT2D eigenvalue weighted by Gasteiger charge is -2.48. The Morgan fingerprint density at radius 2 is 1.98 bits per heavy atom. The van der Waals surface area contributed by atoms with Crippen LogP contribution in [0.3, 0.4) is 0 Å². The second kappa shape index (κ2) is 12.8. The van der Waals surface area contributed by atoms with E-state index in [0.29, 0.717) is 26.5 Å². The highest BCUT2D eigenvalue weighted by Gasteiger charge is 2.52. The molecule has 0 radical (unpaired) electrons. The SMILES string of the molecule is NC(=O)C1C(NC2NCC(C3COC4C(=O)C=C(N5CCOCC5)SC43)S2)NC(N[C@H]2CCCC[C@H]2N)N2NCNC12. The minimum absolute atomic E-state index is 0.0718. The number of carbonyl (C=O) groups is 2. The van der Waals surface area contributed by atoms with E-state index in [0.717, 1.165) is 50.3 Å². The van der Waals surface area contributed by atoms with Crippen molar-refractivity contribution < 1.29 is 19.1 Å². The lowest BCUT2D eigenvalue weighted by atomic mass is 9.91. The maximum absolute atomic E-state index is 13.0. The fraction of sp³-hybridized carbons (Fsp3) is 0.846. The molecule has 42 heavy (non-hydrogen) atoms. The fourth-order valence-electron chi connectivity index (χ4n) is 7.37. The second-order valence-corrected chi connectivity index (χ2v) is 14.7. The number of nitrogens with one attached hydrogen (secondary N) is 6. The van der Waals surface area contributed by atoms with Crippen LogP contribution < -0.4 is 43.5 Å². The molecule has 14 nitrogen and oxygen atoms in total. The van der Waals surface area contributed by atoms with Crippen LogP contribution in [-0.4, -0.2) is 121 Å². The van der Waals surface area contributed by atoms with Gasteiger partial charge in [-0.3, -0.25) is 36.2 Å². The van der Waals surface area contributed by atoms with E-state index in [1.165, 1.54) is 0 Å². The van der Waals surface area contributed by atoms with Gasteiger partial charge < -0.3 is 25.8 Å². The summed E-state index contributed by atoms with van der Waals surface area (Å²) in [5, 5.41) is 21.4. The highest BCUT2D eigenvalue weighted by atomic mass is 32.2. The molecule has 0 aromatic heterocycles. The number of carbonyl (C=O) groups excluding carboxylic acids is 2. The number of hydrazine groups is 1. The summed E-state index contributed by atoms with van der Waals surface area (Å²) in [6.45, 7) is 4.89. The summed E-state index contributed by atoms with van der Waals surface area (Å²) in [5.41, 5.74) is 15.7. The number of amides is 1. The van der Waals surface area contributed by atoms with Gasteiger partial charge in [-0.1, -0.05) is 12.8 Å². The van der Waals surface area contributed by atoms with E-state index >= 15 is 0 Å². The molecule has 0 bridgehead atoms. The Hall–Kier alpha value is -1.02. The topological polar surface area (TPSA) is 183 Å². The summed E-state index contributed by atoms with van der Waals surface area (Å²) in [6.07, 6.45) is 4.87. The Labute approximate surface area is 254 Å². The minimum atomic E-state index is -0.508. The third-order valence-electron chi connectivity index (χ3n) is 9.65. The predicted octanol–water partition coefficient (Wildman–Crippen LogP) is -2.69. The third-order valence-corrected chi connectivity index (χ3v) is 12.6. The van der Waals surface area contributed by atoms with Crippen molar-refractivity contribution in [3.05, 3.63) is 11.1 Å². The molecule has 1 aliphatic carbocycles. The van der Waals surface area contributed by atoms with Gasteiger partial charge >= 0.3 is 0 Å². The monoisotopic (exact) mass is 624 g/mol. The Morgan fingerprint density at radius 1 is 1.14 bits per heavy atom. The molecule has 1 amide bonds. The standard InChI is InChI=1S/C26H44N10O4S2/c27-14-3-1-2-4-15(14)32-25-33-23(19(22(28)38)24-30-12-31-36(24)25)34-26-29-10-17(41-26)13-11-40-20-16(37)9-18(42-21(13)20)35-5-7-39-8-6-35/h9,13-15,17,19-21,23-26,29-34H,1-8,10-12,27H2,(H2,28,38)/t13?,14-,15+,17?,19?,20?,21?,23?,24?,25?,26?/m1/s1. The van der Waals surface area contributed by atoms with Crippen molar-refractivity contribution in [2.24, 2.45) is 23.3 Å². The molecule has 5 saturated heterocycles. The van der Waals surface area contributed by atoms with E-state index in [1.807, 2.05) is 16.8 Å². The van der Waals surface area contributed by atoms with Gasteiger partial charge in [0.2, 0.25) is 5.91 Å². The van der Waals surface area contributed by atoms with Gasteiger partial charge in [0.25, 0.3) is 0 Å². The van der Waals surface area contributed by atoms with Crippen LogP contribution in [0.15, 0.2) is 11.1 Å². The first-order valence-electron chi connectivity index (χ1n) is 15.3. The molecule has 10 N–H and O–H groups in total. The molecule has 11 atom stereocenters. The van der Waals surface area contributed by atoms with Crippen molar-refractivity contribution in [1.29, 1.82) is 0 Å². The minimum Gasteiger partial charge on any atom is -0.378 e. The molecule has 7 aliphatic rings. The van der Waals surface area contributed by atoms with Crippen LogP contribution in [0, 0.1) is 11.8 Å². The summed E-state index contributed by atoms with van der Waals surface area (Å²) in [6, 6.07) is 0.291. The lowest BCUT2D eigenvalue weighted by molar-refractivity contribution is -0.132. The smallest absolute Gasteiger partial charge is 0.226 e. The molecule has 0 aromatic carbocycles. The summed E-state index contributed by atoms with van der Waals surface area (Å²) in [7, 11) is 0. The van der Waals surface area contributed by atoms with E-state index < -0.39 is 5.92 Å². The number of morpholine rings is 1. The van der Waals surface area contributed by atoms with Crippen LogP contribution in [0.4, 0.5) is 0 Å². The van der Waals surface area contributed by atoms with Gasteiger partial charge in [0.15, 0.2) is 5.78 Å². The number of rotatable bonds is 7. The maximum Gasteiger partial charge on any atom is 0.226 e. The number of ketones is 1. The molecule has 9 unspecified atom stereocenters. The average molecular weight is 625 g/mol. The molecule has 0 spiro atoms. The van der Waals surface area contributed by atoms with E-state index in [1.54, 1.807) is 17.8 Å². The van der Waals surface area contributed by atoms with Crippen LogP contribution in [0.2, 0.25) is 0 Å². The fourth-order valence-corrected chi connectivity index (χ4v) is 10.5. The highest BCUT2D eigenvalue weighted by molar-refractivity contribution is 8.04. The van der Waals surface area contributed by atoms with Crippen LogP contribution in [0.1, 0.15) is 25.7 Å². The van der Waals surface area contributed by atoms with Gasteiger partial charge in [0, 0.05) is 49.0 Å². The number of hydrogen-bond acceptors (Lipinski definition) is 15. The molecule has 234 valence electrons. The van der Waals surface area contributed by atoms with Crippen molar-refractivity contribution in [2.75, 3.05) is 46.1 Å². The molecule has 7 rings (SSSR count). The number of hydrogen-bond donors (Lipinski definition) is 8. The van der Waals surface area contributed by atoms with Crippen LogP contribution in [-0.2, 0) is 19.1 Å². The zero-order chi connectivity index (χ0) is 28.8. The Kier molecular flexibility index (Phi) is 9.02. The number of primary amides is 1. The van der Waals surface area contributed by atoms with Crippen LogP contribution >= 0.6 is 23.5 Å². The van der Waals surface area contributed by atoms with Gasteiger partial charge in [0.1, 0.15) is 17.9 Å². The van der Waals surface area contributed by atoms with Crippen LogP contribution in [0.5, 0.6) is 0 Å². The van der Waals surface area contributed by atoms with Crippen molar-refractivity contribution in [3.63, 3.8) is 0 Å². The first-order chi connectivity index (χ1) is 20.5. The van der Waals surface area contributed by atoms with Crippen molar-refractivity contribution in [1.82, 2.24) is 41.9 Å². The normalized spacial score (nSPS) is 44.6. The van der Waals surface area contributed by atoms with Gasteiger partial charge in [0.05, 0.1) is 55.0 Å². The average Bonchev–Trinajstić information content (AvgIpc) is 3.75. The Morgan fingerprint density at radius 3 is 2.79 bits per heavy atom. The van der Waals surface area contributed by atoms with Crippen molar-refractivity contribution in [2.45, 2.75) is 78.5 Å². The molecule has 0 aromatic rings. The number of nitrogens with zero attached hydrogens (tertiary/aromatic N) is 2. The molecule has 6 heterocycles. The second-order valence-electron chi connectivity index (χ2n) is 12.2. The highest BCUT2D eigenvalue weighted by Crippen LogP contribution is 2.46. The number of nitrogens with two attached hydrogens (primary N) is 2. The predicted molar refractivity (Wildman–Crippen MR) is 160 cm³/mol. The Bertz CT molecular complexity index is 1050. The molecule has 6 aliphatic heterocycles. The molecular formula is C26H44N10O4S2. The number of thioether (sulfide) groups is 2. The Balaban J connectivity index is 1.01. The maximum atomic E-state index is 13.0. The number of fused-ring (bicyclic) bond motifs is 2. The largest absolute Gasteiger partial charge is 0.378 e. The van der Waals surface area contributed by atoms with E-state index in [9.17, 15) is 9.59 Å². The van der Waals surface area contributed by atoms with Gasteiger partial charge in [-0.15, -0.1) is 23.5 Å². The van der Waals surface area contributed by atoms with Gasteiger partial charge in [-0.2, -0.15) is 5.01 Å². The number of ether oxygens (including phenoxy) is 2. The zero-order valence-corrected chi connectivity index (χ0v) is 25.3. The van der Waals surface area contributed by atoms with Crippen molar-refractivity contribution in [3.8, 4) is 0 Å². The summed E-state index contributed by atoms with van der Waals surface area (Å²) >= 11 is 3.60. The lowest BCUT2D eigenvalue weighted by Crippen LogP contribution is -2.77. The van der Waals surface area contributed by atoms with E-state index in [2.05, 4.69) is 36.9 Å². The molecule has 6 fully saturated rings. The van der Waals surface area contributed by atoms with Gasteiger partial charge in [-0.05, 0) is 12.8 Å². The zero-order valence-electron chi connectivity index (χ0n) is 23.7. The first kappa shape index (κ1) is 29.7.